The van der Waals surface area contributed by atoms with Crippen LogP contribution in [0.1, 0.15) is 40.2 Å². The molecule has 29 heavy (non-hydrogen) atoms. The van der Waals surface area contributed by atoms with Gasteiger partial charge in [-0.05, 0) is 56.4 Å². The number of aryl methyl sites for hydroxylation is 3. The number of fused-ring (bicyclic) bond motifs is 2. The molecule has 2 aromatic carbocycles. The van der Waals surface area contributed by atoms with Gasteiger partial charge in [0.1, 0.15) is 11.6 Å². The highest BCUT2D eigenvalue weighted by Crippen LogP contribution is 2.30. The SMILES string of the molecule is Cc1ccc(Cc2nc3nc4c(c(Nc5ccc(C)c(F)c5)n3n2)CCC4)cc1. The molecule has 2 aromatic heterocycles. The molecule has 0 unspecified atom stereocenters. The normalized spacial score (nSPS) is 13.1. The van der Waals surface area contributed by atoms with E-state index in [0.717, 1.165) is 47.7 Å². The first-order chi connectivity index (χ1) is 14.1. The van der Waals surface area contributed by atoms with Gasteiger partial charge in [0.15, 0.2) is 5.82 Å². The number of hydrogen-bond acceptors (Lipinski definition) is 4. The first kappa shape index (κ1) is 17.8. The Kier molecular flexibility index (Phi) is 4.27. The van der Waals surface area contributed by atoms with E-state index < -0.39 is 0 Å². The van der Waals surface area contributed by atoms with Crippen molar-refractivity contribution in [1.29, 1.82) is 0 Å². The van der Waals surface area contributed by atoms with Crippen LogP contribution < -0.4 is 5.32 Å². The van der Waals surface area contributed by atoms with E-state index in [1.807, 2.05) is 6.07 Å². The van der Waals surface area contributed by atoms with Crippen molar-refractivity contribution in [1.82, 2.24) is 19.6 Å². The Morgan fingerprint density at radius 2 is 1.86 bits per heavy atom. The summed E-state index contributed by atoms with van der Waals surface area (Å²) in [6, 6.07) is 13.6. The predicted molar refractivity (Wildman–Crippen MR) is 111 cm³/mol. The summed E-state index contributed by atoms with van der Waals surface area (Å²) in [6.45, 7) is 3.83. The molecule has 4 aromatic rings. The molecule has 0 fully saturated rings. The number of rotatable bonds is 4. The zero-order valence-electron chi connectivity index (χ0n) is 16.5. The zero-order chi connectivity index (χ0) is 20.0. The maximum Gasteiger partial charge on any atom is 0.254 e. The third kappa shape index (κ3) is 3.35. The van der Waals surface area contributed by atoms with E-state index in [-0.39, 0.29) is 5.82 Å². The molecule has 6 heteroatoms. The summed E-state index contributed by atoms with van der Waals surface area (Å²) < 4.78 is 15.8. The van der Waals surface area contributed by atoms with Crippen LogP contribution in [0.3, 0.4) is 0 Å². The van der Waals surface area contributed by atoms with Crippen LogP contribution in [-0.4, -0.2) is 19.6 Å². The third-order valence-corrected chi connectivity index (χ3v) is 5.47. The fourth-order valence-electron chi connectivity index (χ4n) is 3.82. The largest absolute Gasteiger partial charge is 0.340 e. The molecular weight excluding hydrogens is 365 g/mol. The highest BCUT2D eigenvalue weighted by atomic mass is 19.1. The van der Waals surface area contributed by atoms with Crippen LogP contribution in [0.4, 0.5) is 15.9 Å². The molecule has 0 atom stereocenters. The third-order valence-electron chi connectivity index (χ3n) is 5.47. The Morgan fingerprint density at radius 1 is 1.03 bits per heavy atom. The maximum atomic E-state index is 14.1. The number of halogens is 1. The second kappa shape index (κ2) is 6.95. The summed E-state index contributed by atoms with van der Waals surface area (Å²) in [5, 5.41) is 8.11. The highest BCUT2D eigenvalue weighted by Gasteiger charge is 2.22. The second-order valence-corrected chi connectivity index (χ2v) is 7.73. The van der Waals surface area contributed by atoms with Gasteiger partial charge in [-0.1, -0.05) is 35.9 Å². The monoisotopic (exact) mass is 387 g/mol. The summed E-state index contributed by atoms with van der Waals surface area (Å²) >= 11 is 0. The van der Waals surface area contributed by atoms with Gasteiger partial charge >= 0.3 is 0 Å². The van der Waals surface area contributed by atoms with E-state index in [9.17, 15) is 4.39 Å². The van der Waals surface area contributed by atoms with E-state index in [4.69, 9.17) is 10.1 Å². The average Bonchev–Trinajstić information content (AvgIpc) is 3.33. The topological polar surface area (TPSA) is 55.1 Å². The van der Waals surface area contributed by atoms with Gasteiger partial charge in [-0.2, -0.15) is 9.50 Å². The van der Waals surface area contributed by atoms with Gasteiger partial charge in [0.25, 0.3) is 5.78 Å². The second-order valence-electron chi connectivity index (χ2n) is 7.73. The first-order valence-corrected chi connectivity index (χ1v) is 9.93. The van der Waals surface area contributed by atoms with Crippen molar-refractivity contribution in [2.75, 3.05) is 5.32 Å². The summed E-state index contributed by atoms with van der Waals surface area (Å²) in [7, 11) is 0. The van der Waals surface area contributed by atoms with Crippen molar-refractivity contribution in [2.24, 2.45) is 0 Å². The van der Waals surface area contributed by atoms with Gasteiger partial charge in [0.2, 0.25) is 0 Å². The lowest BCUT2D eigenvalue weighted by molar-refractivity contribution is 0.619. The first-order valence-electron chi connectivity index (χ1n) is 9.93. The Morgan fingerprint density at radius 3 is 2.66 bits per heavy atom. The van der Waals surface area contributed by atoms with Crippen molar-refractivity contribution in [3.63, 3.8) is 0 Å². The van der Waals surface area contributed by atoms with Crippen LogP contribution in [0.5, 0.6) is 0 Å². The number of nitrogens with one attached hydrogen (secondary N) is 1. The molecule has 0 radical (unpaired) electrons. The number of benzene rings is 2. The van der Waals surface area contributed by atoms with E-state index in [2.05, 4.69) is 41.5 Å². The minimum Gasteiger partial charge on any atom is -0.340 e. The lowest BCUT2D eigenvalue weighted by Gasteiger charge is -2.13. The summed E-state index contributed by atoms with van der Waals surface area (Å²) in [5.74, 6) is 1.93. The van der Waals surface area contributed by atoms with Gasteiger partial charge in [-0.15, -0.1) is 5.10 Å². The van der Waals surface area contributed by atoms with E-state index in [0.29, 0.717) is 23.4 Å². The molecule has 0 spiro atoms. The van der Waals surface area contributed by atoms with Crippen molar-refractivity contribution in [2.45, 2.75) is 39.5 Å². The number of anilines is 2. The molecular formula is C23H22FN5. The van der Waals surface area contributed by atoms with Gasteiger partial charge in [0, 0.05) is 17.7 Å². The van der Waals surface area contributed by atoms with E-state index in [1.54, 1.807) is 17.5 Å². The van der Waals surface area contributed by atoms with Crippen LogP contribution in [-0.2, 0) is 19.3 Å². The molecule has 0 aliphatic heterocycles. The Balaban J connectivity index is 1.56. The van der Waals surface area contributed by atoms with Crippen LogP contribution >= 0.6 is 0 Å². The smallest absolute Gasteiger partial charge is 0.254 e. The Bertz CT molecular complexity index is 1210. The molecule has 1 aliphatic carbocycles. The summed E-state index contributed by atoms with van der Waals surface area (Å²) in [4.78, 5) is 9.41. The average molecular weight is 387 g/mol. The van der Waals surface area contributed by atoms with Gasteiger partial charge in [-0.3, -0.25) is 0 Å². The van der Waals surface area contributed by atoms with Crippen LogP contribution in [0, 0.1) is 19.7 Å². The Hall–Kier alpha value is -3.28. The van der Waals surface area contributed by atoms with Gasteiger partial charge in [0.05, 0.1) is 5.69 Å². The fourth-order valence-corrected chi connectivity index (χ4v) is 3.82. The van der Waals surface area contributed by atoms with Crippen LogP contribution in [0.2, 0.25) is 0 Å². The predicted octanol–water partition coefficient (Wildman–Crippen LogP) is 4.70. The van der Waals surface area contributed by atoms with Crippen molar-refractivity contribution < 1.29 is 4.39 Å². The molecule has 1 aliphatic rings. The van der Waals surface area contributed by atoms with Gasteiger partial charge in [-0.25, -0.2) is 9.37 Å². The molecule has 0 amide bonds. The van der Waals surface area contributed by atoms with E-state index in [1.165, 1.54) is 11.6 Å². The zero-order valence-corrected chi connectivity index (χ0v) is 16.5. The van der Waals surface area contributed by atoms with Crippen molar-refractivity contribution >= 4 is 17.3 Å². The molecule has 2 heterocycles. The Labute approximate surface area is 168 Å². The number of hydrogen-bond donors (Lipinski definition) is 1. The quantitative estimate of drug-likeness (QED) is 0.551. The molecule has 1 N–H and O–H groups in total. The minimum atomic E-state index is -0.226. The maximum absolute atomic E-state index is 14.1. The number of aromatic nitrogens is 4. The molecule has 0 bridgehead atoms. The molecule has 146 valence electrons. The molecule has 0 saturated heterocycles. The molecule has 0 saturated carbocycles. The van der Waals surface area contributed by atoms with Crippen molar-refractivity contribution in [3.05, 3.63) is 82.1 Å². The highest BCUT2D eigenvalue weighted by molar-refractivity contribution is 5.64. The van der Waals surface area contributed by atoms with Crippen LogP contribution in [0.15, 0.2) is 42.5 Å². The minimum absolute atomic E-state index is 0.226. The number of nitrogens with zero attached hydrogens (tertiary/aromatic N) is 4. The standard InChI is InChI=1S/C23H22FN5/c1-14-6-9-16(10-7-14)12-21-27-23-26-20-5-3-4-18(20)22(29(23)28-21)25-17-11-8-15(2)19(24)13-17/h6-11,13,25H,3-5,12H2,1-2H3. The van der Waals surface area contributed by atoms with Crippen LogP contribution in [0.25, 0.3) is 5.78 Å². The summed E-state index contributed by atoms with van der Waals surface area (Å²) in [6.07, 6.45) is 3.57. The fraction of sp³-hybridized carbons (Fsp3) is 0.261. The molecule has 5 rings (SSSR count). The van der Waals surface area contributed by atoms with Gasteiger partial charge < -0.3 is 5.32 Å². The summed E-state index contributed by atoms with van der Waals surface area (Å²) in [5.41, 5.74) is 5.92. The van der Waals surface area contributed by atoms with Crippen molar-refractivity contribution in [3.8, 4) is 0 Å². The lowest BCUT2D eigenvalue weighted by atomic mass is 10.1. The lowest BCUT2D eigenvalue weighted by Crippen LogP contribution is -2.07. The van der Waals surface area contributed by atoms with E-state index >= 15 is 0 Å². The molecule has 5 nitrogen and oxygen atoms in total.